The lowest BCUT2D eigenvalue weighted by Crippen LogP contribution is -2.21. The molecule has 170 valence electrons. The first-order valence-corrected chi connectivity index (χ1v) is 11.9. The summed E-state index contributed by atoms with van der Waals surface area (Å²) in [6.45, 7) is 7.89. The van der Waals surface area contributed by atoms with Crippen LogP contribution in [0.4, 0.5) is 0 Å². The third-order valence-electron chi connectivity index (χ3n) is 5.63. The van der Waals surface area contributed by atoms with Crippen molar-refractivity contribution in [1.29, 1.82) is 0 Å². The summed E-state index contributed by atoms with van der Waals surface area (Å²) in [4.78, 5) is 15.1. The van der Waals surface area contributed by atoms with Crippen molar-refractivity contribution < 1.29 is 19.7 Å². The summed E-state index contributed by atoms with van der Waals surface area (Å²) in [6, 6.07) is 14.4. The quantitative estimate of drug-likeness (QED) is 0.402. The van der Waals surface area contributed by atoms with E-state index >= 15 is 0 Å². The number of hydrogen-bond donors (Lipinski definition) is 2. The van der Waals surface area contributed by atoms with Crippen LogP contribution in [0.3, 0.4) is 0 Å². The van der Waals surface area contributed by atoms with Crippen LogP contribution >= 0.6 is 11.3 Å². The van der Waals surface area contributed by atoms with Gasteiger partial charge in [-0.05, 0) is 73.1 Å². The van der Waals surface area contributed by atoms with Crippen LogP contribution in [0.15, 0.2) is 42.5 Å². The molecule has 0 fully saturated rings. The largest absolute Gasteiger partial charge is 0.490 e. The topological polar surface area (TPSA) is 66.8 Å². The maximum Gasteiger partial charge on any atom is 0.173 e. The average molecular weight is 453 g/mol. The third kappa shape index (κ3) is 5.66. The molecule has 1 aromatic heterocycles. The number of benzene rings is 2. The Morgan fingerprint density at radius 1 is 1.03 bits per heavy atom. The second kappa shape index (κ2) is 10.9. The van der Waals surface area contributed by atoms with Gasteiger partial charge in [-0.1, -0.05) is 43.3 Å². The van der Waals surface area contributed by atoms with Gasteiger partial charge in [-0.3, -0.25) is 4.79 Å². The van der Waals surface area contributed by atoms with Gasteiger partial charge in [0.2, 0.25) is 0 Å². The molecule has 5 heteroatoms. The monoisotopic (exact) mass is 452 g/mol. The Labute approximate surface area is 194 Å². The van der Waals surface area contributed by atoms with Crippen LogP contribution in [0, 0.1) is 20.8 Å². The lowest BCUT2D eigenvalue weighted by Gasteiger charge is -2.15. The fourth-order valence-electron chi connectivity index (χ4n) is 3.96. The summed E-state index contributed by atoms with van der Waals surface area (Å²) < 4.78 is 5.67. The van der Waals surface area contributed by atoms with E-state index in [-0.39, 0.29) is 19.0 Å². The van der Waals surface area contributed by atoms with Crippen molar-refractivity contribution in [2.45, 2.75) is 53.1 Å². The molecule has 0 spiro atoms. The maximum absolute atomic E-state index is 13.0. The smallest absolute Gasteiger partial charge is 0.173 e. The number of Topliss-reactive ketones (excluding diaryl/α,β-unsaturated/α-hetero) is 1. The lowest BCUT2D eigenvalue weighted by molar-refractivity contribution is 0.0531. The Balaban J connectivity index is 1.72. The SMILES string of the molecule is CCc1sc(C(=O)CCc2cc(C)c(OCC(O)CO)c(C)c2)cc1-c1ccccc1C. The summed E-state index contributed by atoms with van der Waals surface area (Å²) in [5.41, 5.74) is 6.62. The van der Waals surface area contributed by atoms with Crippen LogP contribution in [0.2, 0.25) is 0 Å². The Morgan fingerprint density at radius 2 is 1.72 bits per heavy atom. The Morgan fingerprint density at radius 3 is 2.34 bits per heavy atom. The summed E-state index contributed by atoms with van der Waals surface area (Å²) in [7, 11) is 0. The highest BCUT2D eigenvalue weighted by Gasteiger charge is 2.17. The van der Waals surface area contributed by atoms with E-state index in [1.165, 1.54) is 21.6 Å². The highest BCUT2D eigenvalue weighted by molar-refractivity contribution is 7.14. The molecule has 0 aliphatic rings. The highest BCUT2D eigenvalue weighted by Crippen LogP contribution is 2.35. The number of ketones is 1. The number of aryl methyl sites for hydroxylation is 5. The molecule has 0 saturated carbocycles. The van der Waals surface area contributed by atoms with E-state index in [4.69, 9.17) is 9.84 Å². The van der Waals surface area contributed by atoms with Crippen molar-refractivity contribution in [1.82, 2.24) is 0 Å². The van der Waals surface area contributed by atoms with Crippen molar-refractivity contribution in [3.05, 3.63) is 74.5 Å². The predicted molar refractivity (Wildman–Crippen MR) is 131 cm³/mol. The van der Waals surface area contributed by atoms with Gasteiger partial charge in [0, 0.05) is 11.3 Å². The van der Waals surface area contributed by atoms with E-state index in [1.807, 2.05) is 38.1 Å². The molecule has 0 aliphatic heterocycles. The zero-order chi connectivity index (χ0) is 23.3. The number of carbonyl (C=O) groups excluding carboxylic acids is 1. The Kier molecular flexibility index (Phi) is 8.24. The molecule has 0 bridgehead atoms. The van der Waals surface area contributed by atoms with Crippen LogP contribution in [0.5, 0.6) is 5.75 Å². The standard InChI is InChI=1S/C27H32O4S/c1-5-25-23(22-9-7-6-8-17(22)2)14-26(32-25)24(30)11-10-20-12-18(3)27(19(4)13-20)31-16-21(29)15-28/h6-9,12-14,21,28-29H,5,10-11,15-16H2,1-4H3. The number of hydrogen-bond acceptors (Lipinski definition) is 5. The summed E-state index contributed by atoms with van der Waals surface area (Å²) in [5.74, 6) is 0.896. The summed E-state index contributed by atoms with van der Waals surface area (Å²) in [5, 5.41) is 18.5. The summed E-state index contributed by atoms with van der Waals surface area (Å²) in [6.07, 6.45) is 1.14. The normalized spacial score (nSPS) is 12.1. The highest BCUT2D eigenvalue weighted by atomic mass is 32.1. The molecular weight excluding hydrogens is 420 g/mol. The molecule has 0 aliphatic carbocycles. The van der Waals surface area contributed by atoms with E-state index in [9.17, 15) is 9.90 Å². The van der Waals surface area contributed by atoms with E-state index in [2.05, 4.69) is 32.0 Å². The van der Waals surface area contributed by atoms with Gasteiger partial charge in [0.25, 0.3) is 0 Å². The molecule has 3 rings (SSSR count). The first-order chi connectivity index (χ1) is 15.3. The Hall–Kier alpha value is -2.47. The minimum absolute atomic E-state index is 0.0530. The molecule has 3 aromatic rings. The first-order valence-electron chi connectivity index (χ1n) is 11.1. The molecule has 0 saturated heterocycles. The Bertz CT molecular complexity index is 1060. The van der Waals surface area contributed by atoms with Gasteiger partial charge < -0.3 is 14.9 Å². The first kappa shape index (κ1) is 24.2. The van der Waals surface area contributed by atoms with Gasteiger partial charge in [-0.15, -0.1) is 11.3 Å². The zero-order valence-electron chi connectivity index (χ0n) is 19.3. The zero-order valence-corrected chi connectivity index (χ0v) is 20.1. The second-order valence-electron chi connectivity index (χ2n) is 8.25. The fraction of sp³-hybridized carbons (Fsp3) is 0.370. The van der Waals surface area contributed by atoms with Crippen LogP contribution in [-0.2, 0) is 12.8 Å². The molecular formula is C27H32O4S. The maximum atomic E-state index is 13.0. The molecule has 1 unspecified atom stereocenters. The molecule has 2 N–H and O–H groups in total. The van der Waals surface area contributed by atoms with Crippen molar-refractivity contribution in [2.24, 2.45) is 0 Å². The van der Waals surface area contributed by atoms with Crippen LogP contribution < -0.4 is 4.74 Å². The van der Waals surface area contributed by atoms with Gasteiger partial charge in [0.05, 0.1) is 11.5 Å². The summed E-state index contributed by atoms with van der Waals surface area (Å²) >= 11 is 1.61. The molecule has 0 radical (unpaired) electrons. The second-order valence-corrected chi connectivity index (χ2v) is 9.38. The number of thiophene rings is 1. The van der Waals surface area contributed by atoms with Crippen LogP contribution in [0.1, 0.15) is 50.1 Å². The minimum atomic E-state index is -0.894. The third-order valence-corrected chi connectivity index (χ3v) is 6.95. The lowest BCUT2D eigenvalue weighted by atomic mass is 9.98. The number of rotatable bonds is 10. The van der Waals surface area contributed by atoms with Crippen molar-refractivity contribution in [2.75, 3.05) is 13.2 Å². The van der Waals surface area contributed by atoms with Gasteiger partial charge in [0.15, 0.2) is 5.78 Å². The van der Waals surface area contributed by atoms with E-state index in [0.29, 0.717) is 12.8 Å². The van der Waals surface area contributed by atoms with Crippen LogP contribution in [0.25, 0.3) is 11.1 Å². The van der Waals surface area contributed by atoms with E-state index in [0.717, 1.165) is 33.7 Å². The number of ether oxygens (including phenoxy) is 1. The molecule has 32 heavy (non-hydrogen) atoms. The van der Waals surface area contributed by atoms with Gasteiger partial charge in [-0.25, -0.2) is 0 Å². The van der Waals surface area contributed by atoms with Gasteiger partial charge >= 0.3 is 0 Å². The van der Waals surface area contributed by atoms with Gasteiger partial charge in [-0.2, -0.15) is 0 Å². The molecule has 1 atom stereocenters. The molecule has 4 nitrogen and oxygen atoms in total. The van der Waals surface area contributed by atoms with E-state index < -0.39 is 6.10 Å². The number of aliphatic hydroxyl groups excluding tert-OH is 2. The fourth-order valence-corrected chi connectivity index (χ4v) is 5.04. The minimum Gasteiger partial charge on any atom is -0.490 e. The molecule has 1 heterocycles. The molecule has 2 aromatic carbocycles. The van der Waals surface area contributed by atoms with Crippen molar-refractivity contribution in [3.63, 3.8) is 0 Å². The van der Waals surface area contributed by atoms with Crippen molar-refractivity contribution in [3.8, 4) is 16.9 Å². The van der Waals surface area contributed by atoms with Gasteiger partial charge in [0.1, 0.15) is 18.5 Å². The predicted octanol–water partition coefficient (Wildman–Crippen LogP) is 5.45. The van der Waals surface area contributed by atoms with Crippen molar-refractivity contribution >= 4 is 17.1 Å². The van der Waals surface area contributed by atoms with Crippen LogP contribution in [-0.4, -0.2) is 35.3 Å². The number of aliphatic hydroxyl groups is 2. The average Bonchev–Trinajstić information content (AvgIpc) is 3.21. The van der Waals surface area contributed by atoms with E-state index in [1.54, 1.807) is 11.3 Å². The molecule has 0 amide bonds. The number of carbonyl (C=O) groups is 1.